The third-order valence-corrected chi connectivity index (χ3v) is 3.29. The lowest BCUT2D eigenvalue weighted by Crippen LogP contribution is -2.04. The summed E-state index contributed by atoms with van der Waals surface area (Å²) in [5.74, 6) is -0.216. The first-order chi connectivity index (χ1) is 8.59. The monoisotopic (exact) mass is 264 g/mol. The molecule has 0 unspecified atom stereocenters. The van der Waals surface area contributed by atoms with Gasteiger partial charge in [-0.1, -0.05) is 11.8 Å². The summed E-state index contributed by atoms with van der Waals surface area (Å²) in [5.41, 5.74) is 1.90. The first-order valence-corrected chi connectivity index (χ1v) is 6.25. The van der Waals surface area contributed by atoms with Gasteiger partial charge in [-0.2, -0.15) is 0 Å². The topological polar surface area (TPSA) is 80.9 Å². The van der Waals surface area contributed by atoms with Crippen LogP contribution in [0.5, 0.6) is 0 Å². The summed E-state index contributed by atoms with van der Waals surface area (Å²) in [6, 6.07) is 1.89. The molecule has 0 fully saturated rings. The molecule has 0 aliphatic heterocycles. The average Bonchev–Trinajstić information content (AvgIpc) is 2.69. The van der Waals surface area contributed by atoms with Crippen LogP contribution in [0, 0.1) is 13.8 Å². The van der Waals surface area contributed by atoms with Crippen LogP contribution < -0.4 is 0 Å². The highest BCUT2D eigenvalue weighted by Crippen LogP contribution is 2.22. The molecule has 0 saturated heterocycles. The fourth-order valence-corrected chi connectivity index (χ4v) is 2.24. The van der Waals surface area contributed by atoms with Crippen LogP contribution in [0.3, 0.4) is 0 Å². The molecular weight excluding hydrogens is 252 g/mol. The van der Waals surface area contributed by atoms with Crippen LogP contribution in [-0.4, -0.2) is 36.6 Å². The molecule has 6 nitrogen and oxygen atoms in total. The van der Waals surface area contributed by atoms with Gasteiger partial charge in [-0.05, 0) is 25.5 Å². The van der Waals surface area contributed by atoms with Crippen LogP contribution in [0.4, 0.5) is 0 Å². The molecule has 0 bridgehead atoms. The second kappa shape index (κ2) is 5.18. The van der Waals surface area contributed by atoms with Crippen molar-refractivity contribution in [1.82, 2.24) is 19.7 Å². The number of pyridine rings is 1. The second-order valence-electron chi connectivity index (χ2n) is 3.71. The summed E-state index contributed by atoms with van der Waals surface area (Å²) in [7, 11) is 0. The van der Waals surface area contributed by atoms with Gasteiger partial charge in [-0.3, -0.25) is 14.3 Å². The smallest absolute Gasteiger partial charge is 0.313 e. The number of aryl methyl sites for hydroxylation is 2. The lowest BCUT2D eigenvalue weighted by molar-refractivity contribution is -0.133. The minimum absolute atomic E-state index is 0.0442. The molecule has 0 amide bonds. The second-order valence-corrected chi connectivity index (χ2v) is 4.65. The molecule has 2 aromatic heterocycles. The molecule has 0 aliphatic carbocycles. The maximum absolute atomic E-state index is 10.6. The zero-order valence-corrected chi connectivity index (χ0v) is 10.8. The number of carboxylic acid groups (broad SMARTS) is 1. The molecule has 2 rings (SSSR count). The first-order valence-electron chi connectivity index (χ1n) is 5.27. The molecule has 0 atom stereocenters. The van der Waals surface area contributed by atoms with E-state index in [1.165, 1.54) is 0 Å². The van der Waals surface area contributed by atoms with Gasteiger partial charge in [-0.25, -0.2) is 0 Å². The standard InChI is InChI=1S/C11H12N4O2S/c1-7-3-4-12-5-9(7)15-8(2)13-14-11(15)18-6-10(16)17/h3-5H,6H2,1-2H3,(H,16,17). The molecule has 0 spiro atoms. The van der Waals surface area contributed by atoms with Gasteiger partial charge in [0, 0.05) is 6.20 Å². The van der Waals surface area contributed by atoms with E-state index in [-0.39, 0.29) is 5.75 Å². The number of thioether (sulfide) groups is 1. The van der Waals surface area contributed by atoms with Gasteiger partial charge in [0.15, 0.2) is 5.16 Å². The highest BCUT2D eigenvalue weighted by molar-refractivity contribution is 7.99. The van der Waals surface area contributed by atoms with Crippen LogP contribution >= 0.6 is 11.8 Å². The number of nitrogens with zero attached hydrogens (tertiary/aromatic N) is 4. The number of hydrogen-bond acceptors (Lipinski definition) is 5. The first kappa shape index (κ1) is 12.6. The van der Waals surface area contributed by atoms with Gasteiger partial charge in [0.1, 0.15) is 5.82 Å². The Morgan fingerprint density at radius 3 is 2.89 bits per heavy atom. The van der Waals surface area contributed by atoms with Crippen molar-refractivity contribution in [3.05, 3.63) is 29.8 Å². The van der Waals surface area contributed by atoms with E-state index < -0.39 is 5.97 Å². The van der Waals surface area contributed by atoms with Crippen LogP contribution in [0.1, 0.15) is 11.4 Å². The lowest BCUT2D eigenvalue weighted by atomic mass is 10.2. The zero-order valence-electron chi connectivity index (χ0n) is 9.99. The Morgan fingerprint density at radius 1 is 1.44 bits per heavy atom. The van der Waals surface area contributed by atoms with E-state index in [9.17, 15) is 4.79 Å². The summed E-state index contributed by atoms with van der Waals surface area (Å²) >= 11 is 1.14. The van der Waals surface area contributed by atoms with E-state index in [0.717, 1.165) is 23.0 Å². The Labute approximate surface area is 108 Å². The number of rotatable bonds is 4. The molecule has 0 aliphatic rings. The molecule has 0 radical (unpaired) electrons. The van der Waals surface area contributed by atoms with Crippen molar-refractivity contribution in [2.45, 2.75) is 19.0 Å². The van der Waals surface area contributed by atoms with Gasteiger partial charge in [-0.15, -0.1) is 10.2 Å². The zero-order chi connectivity index (χ0) is 13.1. The van der Waals surface area contributed by atoms with Crippen molar-refractivity contribution in [3.63, 3.8) is 0 Å². The van der Waals surface area contributed by atoms with Gasteiger partial charge < -0.3 is 5.11 Å². The SMILES string of the molecule is Cc1ccncc1-n1c(C)nnc1SCC(=O)O. The predicted octanol–water partition coefficient (Wildman–Crippen LogP) is 1.46. The number of aliphatic carboxylic acids is 1. The number of carboxylic acids is 1. The van der Waals surface area contributed by atoms with Gasteiger partial charge >= 0.3 is 5.97 Å². The Bertz CT molecular complexity index is 582. The van der Waals surface area contributed by atoms with Crippen LogP contribution in [-0.2, 0) is 4.79 Å². The molecule has 94 valence electrons. The van der Waals surface area contributed by atoms with E-state index in [2.05, 4.69) is 15.2 Å². The number of carbonyl (C=O) groups is 1. The third kappa shape index (κ3) is 2.51. The van der Waals surface area contributed by atoms with E-state index in [0.29, 0.717) is 11.0 Å². The molecule has 2 heterocycles. The van der Waals surface area contributed by atoms with Crippen molar-refractivity contribution >= 4 is 17.7 Å². The molecular formula is C11H12N4O2S. The van der Waals surface area contributed by atoms with E-state index in [1.54, 1.807) is 12.4 Å². The highest BCUT2D eigenvalue weighted by atomic mass is 32.2. The molecule has 18 heavy (non-hydrogen) atoms. The van der Waals surface area contributed by atoms with Crippen LogP contribution in [0.2, 0.25) is 0 Å². The van der Waals surface area contributed by atoms with Crippen LogP contribution in [0.25, 0.3) is 5.69 Å². The lowest BCUT2D eigenvalue weighted by Gasteiger charge is -2.09. The number of hydrogen-bond donors (Lipinski definition) is 1. The Kier molecular flexibility index (Phi) is 3.61. The average molecular weight is 264 g/mol. The highest BCUT2D eigenvalue weighted by Gasteiger charge is 2.14. The summed E-state index contributed by atoms with van der Waals surface area (Å²) in [5, 5.41) is 17.2. The Balaban J connectivity index is 2.41. The van der Waals surface area contributed by atoms with Gasteiger partial charge in [0.25, 0.3) is 0 Å². The minimum atomic E-state index is -0.880. The van der Waals surface area contributed by atoms with Gasteiger partial charge in [0.05, 0.1) is 17.6 Å². The molecule has 7 heteroatoms. The Morgan fingerprint density at radius 2 is 2.22 bits per heavy atom. The van der Waals surface area contributed by atoms with Crippen molar-refractivity contribution in [2.24, 2.45) is 0 Å². The molecule has 0 aromatic carbocycles. The number of aromatic nitrogens is 4. The maximum Gasteiger partial charge on any atom is 0.313 e. The quantitative estimate of drug-likeness (QED) is 0.842. The van der Waals surface area contributed by atoms with E-state index in [4.69, 9.17) is 5.11 Å². The maximum atomic E-state index is 10.6. The van der Waals surface area contributed by atoms with E-state index in [1.807, 2.05) is 24.5 Å². The summed E-state index contributed by atoms with van der Waals surface area (Å²) < 4.78 is 1.82. The third-order valence-electron chi connectivity index (χ3n) is 2.37. The minimum Gasteiger partial charge on any atom is -0.481 e. The summed E-state index contributed by atoms with van der Waals surface area (Å²) in [6.07, 6.45) is 3.43. The molecule has 2 aromatic rings. The summed E-state index contributed by atoms with van der Waals surface area (Å²) in [4.78, 5) is 14.7. The molecule has 1 N–H and O–H groups in total. The van der Waals surface area contributed by atoms with Gasteiger partial charge in [0.2, 0.25) is 0 Å². The van der Waals surface area contributed by atoms with Crippen molar-refractivity contribution in [2.75, 3.05) is 5.75 Å². The van der Waals surface area contributed by atoms with Crippen LogP contribution in [0.15, 0.2) is 23.6 Å². The Hall–Kier alpha value is -1.89. The molecule has 0 saturated carbocycles. The normalized spacial score (nSPS) is 10.6. The fraction of sp³-hybridized carbons (Fsp3) is 0.273. The fourth-order valence-electron chi connectivity index (χ4n) is 1.53. The van der Waals surface area contributed by atoms with Crippen molar-refractivity contribution in [1.29, 1.82) is 0 Å². The largest absolute Gasteiger partial charge is 0.481 e. The van der Waals surface area contributed by atoms with E-state index >= 15 is 0 Å². The van der Waals surface area contributed by atoms with Crippen molar-refractivity contribution in [3.8, 4) is 5.69 Å². The van der Waals surface area contributed by atoms with Crippen molar-refractivity contribution < 1.29 is 9.90 Å². The summed E-state index contributed by atoms with van der Waals surface area (Å²) in [6.45, 7) is 3.78. The predicted molar refractivity (Wildman–Crippen MR) is 67.0 cm³/mol.